The normalized spacial score (nSPS) is 21.3. The van der Waals surface area contributed by atoms with Crippen molar-refractivity contribution in [2.24, 2.45) is 0 Å². The van der Waals surface area contributed by atoms with E-state index in [1.165, 1.54) is 5.39 Å². The van der Waals surface area contributed by atoms with Gasteiger partial charge in [0.05, 0.1) is 19.1 Å². The third kappa shape index (κ3) is 4.09. The monoisotopic (exact) mass is 313 g/mol. The number of nitrogens with one attached hydrogen (secondary N) is 1. The standard InChI is InChI=1S/C19H23NO3/c1-2-23-18-13-22-10-9-17(18)20-19(21)12-14-7-8-15-5-3-4-6-16(15)11-14/h3-8,11,17-18H,2,9-10,12-13H2,1H3,(H,20,21)/t17-,18-/m1/s1. The second-order valence-electron chi connectivity index (χ2n) is 5.89. The molecule has 2 atom stereocenters. The van der Waals surface area contributed by atoms with Crippen LogP contribution in [-0.2, 0) is 20.7 Å². The molecule has 3 rings (SSSR count). The van der Waals surface area contributed by atoms with Gasteiger partial charge >= 0.3 is 0 Å². The summed E-state index contributed by atoms with van der Waals surface area (Å²) in [5.41, 5.74) is 1.03. The summed E-state index contributed by atoms with van der Waals surface area (Å²) in [6.07, 6.45) is 1.14. The molecule has 122 valence electrons. The predicted molar refractivity (Wildman–Crippen MR) is 90.4 cm³/mol. The molecule has 4 nitrogen and oxygen atoms in total. The lowest BCUT2D eigenvalue weighted by molar-refractivity contribution is -0.125. The van der Waals surface area contributed by atoms with Gasteiger partial charge in [0, 0.05) is 13.2 Å². The number of carbonyl (C=O) groups excluding carboxylic acids is 1. The van der Waals surface area contributed by atoms with E-state index in [2.05, 4.69) is 29.6 Å². The van der Waals surface area contributed by atoms with Gasteiger partial charge in [-0.2, -0.15) is 0 Å². The highest BCUT2D eigenvalue weighted by Gasteiger charge is 2.27. The summed E-state index contributed by atoms with van der Waals surface area (Å²) < 4.78 is 11.1. The van der Waals surface area contributed by atoms with Crippen molar-refractivity contribution in [3.8, 4) is 0 Å². The van der Waals surface area contributed by atoms with E-state index in [1.54, 1.807) is 0 Å². The summed E-state index contributed by atoms with van der Waals surface area (Å²) in [6.45, 7) is 3.81. The van der Waals surface area contributed by atoms with Gasteiger partial charge < -0.3 is 14.8 Å². The van der Waals surface area contributed by atoms with Crippen LogP contribution in [0.2, 0.25) is 0 Å². The number of hydrogen-bond acceptors (Lipinski definition) is 3. The average Bonchev–Trinajstić information content (AvgIpc) is 2.57. The molecule has 1 saturated heterocycles. The number of rotatable bonds is 5. The summed E-state index contributed by atoms with van der Waals surface area (Å²) in [7, 11) is 0. The van der Waals surface area contributed by atoms with Crippen molar-refractivity contribution in [2.45, 2.75) is 31.9 Å². The first-order chi connectivity index (χ1) is 11.3. The Morgan fingerprint density at radius 2 is 2.09 bits per heavy atom. The molecule has 0 saturated carbocycles. The van der Waals surface area contributed by atoms with E-state index >= 15 is 0 Å². The van der Waals surface area contributed by atoms with E-state index in [0.717, 1.165) is 17.4 Å². The molecule has 2 aromatic carbocycles. The van der Waals surface area contributed by atoms with Crippen LogP contribution in [-0.4, -0.2) is 37.9 Å². The van der Waals surface area contributed by atoms with Crippen molar-refractivity contribution >= 4 is 16.7 Å². The maximum absolute atomic E-state index is 12.4. The molecule has 1 N–H and O–H groups in total. The topological polar surface area (TPSA) is 47.6 Å². The number of ether oxygens (including phenoxy) is 2. The van der Waals surface area contributed by atoms with Crippen LogP contribution >= 0.6 is 0 Å². The Hall–Kier alpha value is -1.91. The highest BCUT2D eigenvalue weighted by Crippen LogP contribution is 2.16. The van der Waals surface area contributed by atoms with Gasteiger partial charge in [-0.05, 0) is 29.7 Å². The zero-order valence-electron chi connectivity index (χ0n) is 13.5. The van der Waals surface area contributed by atoms with Crippen molar-refractivity contribution in [1.29, 1.82) is 0 Å². The third-order valence-electron chi connectivity index (χ3n) is 4.21. The Balaban J connectivity index is 1.63. The number of hydrogen-bond donors (Lipinski definition) is 1. The zero-order valence-corrected chi connectivity index (χ0v) is 13.5. The van der Waals surface area contributed by atoms with Crippen LogP contribution in [0.25, 0.3) is 10.8 Å². The molecule has 0 unspecified atom stereocenters. The van der Waals surface area contributed by atoms with Crippen LogP contribution in [0.1, 0.15) is 18.9 Å². The first-order valence-electron chi connectivity index (χ1n) is 8.22. The Morgan fingerprint density at radius 3 is 2.91 bits per heavy atom. The second-order valence-corrected chi connectivity index (χ2v) is 5.89. The van der Waals surface area contributed by atoms with Crippen LogP contribution in [0.3, 0.4) is 0 Å². The number of fused-ring (bicyclic) bond motifs is 1. The van der Waals surface area contributed by atoms with Crippen LogP contribution in [0.4, 0.5) is 0 Å². The van der Waals surface area contributed by atoms with Crippen LogP contribution in [0, 0.1) is 0 Å². The first kappa shape index (κ1) is 16.0. The molecule has 2 aromatic rings. The lowest BCUT2D eigenvalue weighted by atomic mass is 10.0. The summed E-state index contributed by atoms with van der Waals surface area (Å²) in [5, 5.41) is 5.46. The largest absolute Gasteiger partial charge is 0.379 e. The fourth-order valence-electron chi connectivity index (χ4n) is 3.05. The zero-order chi connectivity index (χ0) is 16.1. The van der Waals surface area contributed by atoms with Gasteiger partial charge in [-0.3, -0.25) is 4.79 Å². The molecule has 0 spiro atoms. The van der Waals surface area contributed by atoms with E-state index < -0.39 is 0 Å². The molecular weight excluding hydrogens is 290 g/mol. The van der Waals surface area contributed by atoms with Gasteiger partial charge in [-0.15, -0.1) is 0 Å². The molecule has 0 bridgehead atoms. The molecule has 1 aliphatic heterocycles. The maximum atomic E-state index is 12.4. The Kier molecular flexibility index (Phi) is 5.26. The van der Waals surface area contributed by atoms with Crippen molar-refractivity contribution in [2.75, 3.05) is 19.8 Å². The molecule has 23 heavy (non-hydrogen) atoms. The minimum Gasteiger partial charge on any atom is -0.379 e. The number of benzene rings is 2. The summed E-state index contributed by atoms with van der Waals surface area (Å²) in [5.74, 6) is 0.0388. The Labute approximate surface area is 136 Å². The van der Waals surface area contributed by atoms with Gasteiger partial charge in [0.2, 0.25) is 5.91 Å². The van der Waals surface area contributed by atoms with E-state index in [1.807, 2.05) is 25.1 Å². The van der Waals surface area contributed by atoms with Crippen LogP contribution < -0.4 is 5.32 Å². The SMILES string of the molecule is CCO[C@@H]1COCC[C@H]1NC(=O)Cc1ccc2ccccc2c1. The third-order valence-corrected chi connectivity index (χ3v) is 4.21. The summed E-state index contributed by atoms with van der Waals surface area (Å²) in [6, 6.07) is 14.4. The quantitative estimate of drug-likeness (QED) is 0.923. The molecular formula is C19H23NO3. The highest BCUT2D eigenvalue weighted by molar-refractivity contribution is 5.85. The second kappa shape index (κ2) is 7.57. The Bertz CT molecular complexity index is 668. The smallest absolute Gasteiger partial charge is 0.224 e. The van der Waals surface area contributed by atoms with Gasteiger partial charge in [0.1, 0.15) is 6.10 Å². The van der Waals surface area contributed by atoms with Gasteiger partial charge in [0.25, 0.3) is 0 Å². The fourth-order valence-corrected chi connectivity index (χ4v) is 3.05. The maximum Gasteiger partial charge on any atom is 0.224 e. The molecule has 1 aliphatic rings. The minimum absolute atomic E-state index is 0.0386. The number of amides is 1. The lowest BCUT2D eigenvalue weighted by Gasteiger charge is -2.31. The highest BCUT2D eigenvalue weighted by atomic mass is 16.5. The van der Waals surface area contributed by atoms with E-state index in [-0.39, 0.29) is 18.1 Å². The number of carbonyl (C=O) groups is 1. The van der Waals surface area contributed by atoms with Crippen molar-refractivity contribution < 1.29 is 14.3 Å². The van der Waals surface area contributed by atoms with Crippen molar-refractivity contribution in [1.82, 2.24) is 5.32 Å². The van der Waals surface area contributed by atoms with Gasteiger partial charge in [0.15, 0.2) is 0 Å². The van der Waals surface area contributed by atoms with E-state index in [4.69, 9.17) is 9.47 Å². The predicted octanol–water partition coefficient (Wildman–Crippen LogP) is 2.69. The van der Waals surface area contributed by atoms with E-state index in [9.17, 15) is 4.79 Å². The van der Waals surface area contributed by atoms with Crippen LogP contribution in [0.15, 0.2) is 42.5 Å². The van der Waals surface area contributed by atoms with Crippen molar-refractivity contribution in [3.05, 3.63) is 48.0 Å². The van der Waals surface area contributed by atoms with Gasteiger partial charge in [-0.1, -0.05) is 42.5 Å². The van der Waals surface area contributed by atoms with Crippen molar-refractivity contribution in [3.63, 3.8) is 0 Å². The molecule has 4 heteroatoms. The lowest BCUT2D eigenvalue weighted by Crippen LogP contribution is -2.50. The molecule has 1 fully saturated rings. The average molecular weight is 313 g/mol. The molecule has 1 amide bonds. The molecule has 0 radical (unpaired) electrons. The first-order valence-corrected chi connectivity index (χ1v) is 8.22. The Morgan fingerprint density at radius 1 is 1.26 bits per heavy atom. The molecule has 0 aromatic heterocycles. The fraction of sp³-hybridized carbons (Fsp3) is 0.421. The minimum atomic E-state index is -0.0469. The van der Waals surface area contributed by atoms with E-state index in [0.29, 0.717) is 26.2 Å². The van der Waals surface area contributed by atoms with Gasteiger partial charge in [-0.25, -0.2) is 0 Å². The molecule has 0 aliphatic carbocycles. The summed E-state index contributed by atoms with van der Waals surface area (Å²) in [4.78, 5) is 12.4. The van der Waals surface area contributed by atoms with Crippen LogP contribution in [0.5, 0.6) is 0 Å². The summed E-state index contributed by atoms with van der Waals surface area (Å²) >= 11 is 0. The molecule has 1 heterocycles.